The number of hydrogen-bond acceptors (Lipinski definition) is 6. The van der Waals surface area contributed by atoms with Crippen LogP contribution in [0.1, 0.15) is 19.8 Å². The van der Waals surface area contributed by atoms with Gasteiger partial charge in [-0.05, 0) is 29.0 Å². The lowest BCUT2D eigenvalue weighted by molar-refractivity contribution is -0.187. The third-order valence-electron chi connectivity index (χ3n) is 3.62. The van der Waals surface area contributed by atoms with Crippen LogP contribution < -0.4 is 0 Å². The van der Waals surface area contributed by atoms with Crippen LogP contribution in [0.2, 0.25) is 0 Å². The van der Waals surface area contributed by atoms with E-state index in [-0.39, 0.29) is 23.8 Å². The van der Waals surface area contributed by atoms with Crippen molar-refractivity contribution in [2.75, 3.05) is 0 Å². The molecule has 0 N–H and O–H groups in total. The SMILES string of the molecule is CC(SSc1ccccn1)C1C=CC=CC1=C=O.[O]N1C(=O)CCC1=O. The first-order chi connectivity index (χ1) is 12.5. The van der Waals surface area contributed by atoms with E-state index in [1.807, 2.05) is 42.4 Å². The molecule has 0 bridgehead atoms. The Kier molecular flexibility index (Phi) is 7.87. The van der Waals surface area contributed by atoms with Crippen molar-refractivity contribution in [3.8, 4) is 0 Å². The molecule has 2 heterocycles. The number of allylic oxidation sites excluding steroid dienone is 5. The van der Waals surface area contributed by atoms with Gasteiger partial charge in [-0.1, -0.05) is 47.2 Å². The predicted octanol–water partition coefficient (Wildman–Crippen LogP) is 3.19. The maximum Gasteiger partial charge on any atom is 0.256 e. The van der Waals surface area contributed by atoms with Crippen LogP contribution in [-0.4, -0.2) is 33.1 Å². The van der Waals surface area contributed by atoms with Gasteiger partial charge in [0.15, 0.2) is 0 Å². The Morgan fingerprint density at radius 3 is 2.50 bits per heavy atom. The predicted molar refractivity (Wildman–Crippen MR) is 99.9 cm³/mol. The second-order valence-corrected chi connectivity index (χ2v) is 8.06. The van der Waals surface area contributed by atoms with Gasteiger partial charge in [-0.15, -0.1) is 5.06 Å². The second-order valence-electron chi connectivity index (χ2n) is 5.46. The van der Waals surface area contributed by atoms with Crippen LogP contribution in [0.5, 0.6) is 0 Å². The van der Waals surface area contributed by atoms with Crippen molar-refractivity contribution in [1.82, 2.24) is 10.0 Å². The summed E-state index contributed by atoms with van der Waals surface area (Å²) in [7, 11) is 3.36. The van der Waals surface area contributed by atoms with Gasteiger partial charge in [-0.3, -0.25) is 9.59 Å². The van der Waals surface area contributed by atoms with Crippen LogP contribution in [0, 0.1) is 5.92 Å². The van der Waals surface area contributed by atoms with Crippen LogP contribution in [0.25, 0.3) is 0 Å². The monoisotopic (exact) mass is 389 g/mol. The first-order valence-corrected chi connectivity index (χ1v) is 10.1. The molecule has 6 nitrogen and oxygen atoms in total. The van der Waals surface area contributed by atoms with Gasteiger partial charge in [-0.2, -0.15) is 0 Å². The number of aromatic nitrogens is 1. The summed E-state index contributed by atoms with van der Waals surface area (Å²) in [5.74, 6) is 0.925. The molecule has 8 heteroatoms. The maximum absolute atomic E-state index is 10.9. The first kappa shape index (κ1) is 20.2. The minimum atomic E-state index is -0.616. The molecule has 2 amide bonds. The van der Waals surface area contributed by atoms with E-state index in [1.165, 1.54) is 0 Å². The van der Waals surface area contributed by atoms with Crippen molar-refractivity contribution in [2.24, 2.45) is 5.92 Å². The summed E-state index contributed by atoms with van der Waals surface area (Å²) in [6.07, 6.45) is 9.70. The smallest absolute Gasteiger partial charge is 0.256 e. The van der Waals surface area contributed by atoms with Crippen molar-refractivity contribution >= 4 is 39.3 Å². The zero-order valence-electron chi connectivity index (χ0n) is 14.0. The van der Waals surface area contributed by atoms with Crippen LogP contribution in [0.4, 0.5) is 0 Å². The van der Waals surface area contributed by atoms with Gasteiger partial charge in [0.25, 0.3) is 11.8 Å². The summed E-state index contributed by atoms with van der Waals surface area (Å²) in [6, 6.07) is 5.86. The largest absolute Gasteiger partial charge is 0.272 e. The molecule has 1 fully saturated rings. The average molecular weight is 389 g/mol. The minimum absolute atomic E-state index is 0.0833. The van der Waals surface area contributed by atoms with E-state index in [4.69, 9.17) is 0 Å². The highest BCUT2D eigenvalue weighted by atomic mass is 33.1. The molecule has 2 atom stereocenters. The molecule has 0 saturated carbocycles. The third-order valence-corrected chi connectivity index (χ3v) is 6.43. The van der Waals surface area contributed by atoms with E-state index in [0.717, 1.165) is 10.6 Å². The Labute approximate surface area is 159 Å². The van der Waals surface area contributed by atoms with E-state index < -0.39 is 11.8 Å². The lowest BCUT2D eigenvalue weighted by atomic mass is 9.93. The average Bonchev–Trinajstić information content (AvgIpc) is 2.98. The van der Waals surface area contributed by atoms with Crippen molar-refractivity contribution < 1.29 is 19.6 Å². The molecule has 1 aromatic rings. The maximum atomic E-state index is 10.9. The van der Waals surface area contributed by atoms with E-state index in [0.29, 0.717) is 5.25 Å². The van der Waals surface area contributed by atoms with Crippen molar-refractivity contribution in [3.05, 3.63) is 54.3 Å². The van der Waals surface area contributed by atoms with Crippen molar-refractivity contribution in [2.45, 2.75) is 30.0 Å². The molecule has 1 aliphatic heterocycles. The molecule has 1 saturated heterocycles. The number of imide groups is 1. The van der Waals surface area contributed by atoms with E-state index in [1.54, 1.807) is 27.8 Å². The number of pyridine rings is 1. The highest BCUT2D eigenvalue weighted by molar-refractivity contribution is 8.76. The second kappa shape index (κ2) is 10.1. The zero-order valence-corrected chi connectivity index (χ0v) is 15.7. The topological polar surface area (TPSA) is 87.2 Å². The number of carbonyl (C=O) groups is 2. The molecule has 135 valence electrons. The highest BCUT2D eigenvalue weighted by Crippen LogP contribution is 2.38. The zero-order chi connectivity index (χ0) is 18.9. The molecular weight excluding hydrogens is 372 g/mol. The summed E-state index contributed by atoms with van der Waals surface area (Å²) in [5.41, 5.74) is 0.721. The number of carbonyl (C=O) groups excluding carboxylic acids is 3. The Balaban J connectivity index is 0.000000254. The fourth-order valence-electron chi connectivity index (χ4n) is 2.21. The van der Waals surface area contributed by atoms with Gasteiger partial charge in [0.1, 0.15) is 11.0 Å². The number of amides is 2. The lowest BCUT2D eigenvalue weighted by Gasteiger charge is -2.20. The molecule has 26 heavy (non-hydrogen) atoms. The van der Waals surface area contributed by atoms with E-state index >= 15 is 0 Å². The number of nitrogens with zero attached hydrogens (tertiary/aromatic N) is 2. The molecule has 0 spiro atoms. The molecule has 2 unspecified atom stereocenters. The number of hydroxylamine groups is 2. The number of hydrogen-bond donors (Lipinski definition) is 0. The van der Waals surface area contributed by atoms with Crippen LogP contribution in [0.3, 0.4) is 0 Å². The van der Waals surface area contributed by atoms with Gasteiger partial charge in [0.2, 0.25) is 0 Å². The van der Waals surface area contributed by atoms with Crippen LogP contribution in [-0.2, 0) is 19.6 Å². The third kappa shape index (κ3) is 5.71. The lowest BCUT2D eigenvalue weighted by Crippen LogP contribution is -2.22. The fraction of sp³-hybridized carbons (Fsp3) is 0.278. The number of rotatable bonds is 4. The van der Waals surface area contributed by atoms with Gasteiger partial charge in [0.05, 0.1) is 0 Å². The van der Waals surface area contributed by atoms with Crippen molar-refractivity contribution in [3.63, 3.8) is 0 Å². The van der Waals surface area contributed by atoms with E-state index in [2.05, 4.69) is 18.0 Å². The molecule has 1 radical (unpaired) electrons. The Bertz CT molecular complexity index is 742. The molecule has 2 aliphatic rings. The van der Waals surface area contributed by atoms with Crippen molar-refractivity contribution in [1.29, 1.82) is 0 Å². The summed E-state index contributed by atoms with van der Waals surface area (Å²) in [5, 5.41) is 11.3. The molecular formula is C18H17N2O4S2. The first-order valence-electron chi connectivity index (χ1n) is 7.90. The summed E-state index contributed by atoms with van der Waals surface area (Å²) in [6.45, 7) is 2.12. The summed E-state index contributed by atoms with van der Waals surface area (Å²) in [4.78, 5) is 35.5. The van der Waals surface area contributed by atoms with Crippen LogP contribution in [0.15, 0.2) is 59.3 Å². The quantitative estimate of drug-likeness (QED) is 0.446. The summed E-state index contributed by atoms with van der Waals surface area (Å²) >= 11 is 0. The van der Waals surface area contributed by atoms with Crippen LogP contribution >= 0.6 is 21.6 Å². The van der Waals surface area contributed by atoms with E-state index in [9.17, 15) is 19.6 Å². The molecule has 3 rings (SSSR count). The minimum Gasteiger partial charge on any atom is -0.272 e. The van der Waals surface area contributed by atoms with Gasteiger partial charge < -0.3 is 0 Å². The standard InChI is InChI=1S/C14H13NOS2.C4H4NO3/c1-11(13-7-3-2-6-12(13)10-16)17-18-14-8-4-5-9-15-14;6-3-1-2-4(7)5(3)8/h2-9,11,13H,1H3;1-2H2. The van der Waals surface area contributed by atoms with Gasteiger partial charge in [-0.25, -0.2) is 9.78 Å². The molecule has 1 aliphatic carbocycles. The highest BCUT2D eigenvalue weighted by Gasteiger charge is 2.28. The Morgan fingerprint density at radius 2 is 1.96 bits per heavy atom. The Hall–Kier alpha value is -2.12. The fourth-order valence-corrected chi connectivity index (χ4v) is 4.46. The molecule has 1 aromatic heterocycles. The van der Waals surface area contributed by atoms with Gasteiger partial charge >= 0.3 is 0 Å². The molecule has 0 aromatic carbocycles. The normalized spacial score (nSPS) is 19.8. The van der Waals surface area contributed by atoms with Gasteiger partial charge in [0, 0.05) is 35.8 Å². The Morgan fingerprint density at radius 1 is 1.23 bits per heavy atom. The summed E-state index contributed by atoms with van der Waals surface area (Å²) < 4.78 is 0.